The number of anilines is 1. The number of halogens is 1. The van der Waals surface area contributed by atoms with E-state index in [1.54, 1.807) is 19.1 Å². The van der Waals surface area contributed by atoms with Crippen LogP contribution in [0.3, 0.4) is 0 Å². The number of carbonyl (C=O) groups is 1. The predicted octanol–water partition coefficient (Wildman–Crippen LogP) is 3.46. The fraction of sp³-hybridized carbons (Fsp3) is 0.435. The molecular formula is C23H31ClN2O7S. The summed E-state index contributed by atoms with van der Waals surface area (Å²) >= 11 is 6.28. The van der Waals surface area contributed by atoms with Crippen LogP contribution in [-0.4, -0.2) is 72.0 Å². The summed E-state index contributed by atoms with van der Waals surface area (Å²) in [5, 5.41) is 10.3. The molecule has 0 aliphatic rings. The first-order chi connectivity index (χ1) is 16.1. The molecular weight excluding hydrogens is 484 g/mol. The maximum Gasteiger partial charge on any atom is 0.262 e. The molecule has 2 aromatic carbocycles. The highest BCUT2D eigenvalue weighted by Crippen LogP contribution is 2.43. The Morgan fingerprint density at radius 3 is 2.24 bits per heavy atom. The monoisotopic (exact) mass is 514 g/mol. The summed E-state index contributed by atoms with van der Waals surface area (Å²) in [7, 11) is 0.230. The van der Waals surface area contributed by atoms with E-state index in [4.69, 9.17) is 25.8 Å². The molecule has 34 heavy (non-hydrogen) atoms. The van der Waals surface area contributed by atoms with Crippen LogP contribution in [0.4, 0.5) is 5.69 Å². The normalized spacial score (nSPS) is 11.4. The zero-order valence-electron chi connectivity index (χ0n) is 20.0. The minimum Gasteiger partial charge on any atom is -0.505 e. The van der Waals surface area contributed by atoms with Crippen molar-refractivity contribution in [3.8, 4) is 11.5 Å². The van der Waals surface area contributed by atoms with Gasteiger partial charge in [0.25, 0.3) is 15.9 Å². The molecule has 0 radical (unpaired) electrons. The van der Waals surface area contributed by atoms with Crippen molar-refractivity contribution in [3.05, 3.63) is 46.0 Å². The second-order valence-electron chi connectivity index (χ2n) is 7.50. The van der Waals surface area contributed by atoms with Crippen LogP contribution < -0.4 is 9.46 Å². The van der Waals surface area contributed by atoms with Crippen molar-refractivity contribution in [3.63, 3.8) is 0 Å². The topological polar surface area (TPSA) is 114 Å². The van der Waals surface area contributed by atoms with Crippen LogP contribution in [0.5, 0.6) is 11.5 Å². The summed E-state index contributed by atoms with van der Waals surface area (Å²) in [6.45, 7) is 4.65. The van der Waals surface area contributed by atoms with E-state index in [-0.39, 0.29) is 53.2 Å². The number of nitrogens with one attached hydrogen (secondary N) is 1. The standard InChI is InChI=1S/C23H31ClN2O7S/c1-6-16-7-8-19(15(2)13-16)34(29,30)25-18-14-17(21(27)20(24)22(18)33-5)23(28)26(9-11-31-3)10-12-32-4/h7-8,13-14,25,27H,6,9-12H2,1-5H3. The van der Waals surface area contributed by atoms with E-state index >= 15 is 0 Å². The van der Waals surface area contributed by atoms with Crippen molar-refractivity contribution < 1.29 is 32.5 Å². The highest BCUT2D eigenvalue weighted by atomic mass is 35.5. The molecule has 0 saturated heterocycles. The maximum atomic E-state index is 13.2. The molecule has 0 unspecified atom stereocenters. The summed E-state index contributed by atoms with van der Waals surface area (Å²) in [6.07, 6.45) is 0.768. The van der Waals surface area contributed by atoms with Crippen LogP contribution in [0.1, 0.15) is 28.4 Å². The second-order valence-corrected chi connectivity index (χ2v) is 9.53. The fourth-order valence-electron chi connectivity index (χ4n) is 3.38. The lowest BCUT2D eigenvalue weighted by Crippen LogP contribution is -2.36. The third-order valence-electron chi connectivity index (χ3n) is 5.23. The van der Waals surface area contributed by atoms with Crippen molar-refractivity contribution in [1.82, 2.24) is 4.90 Å². The van der Waals surface area contributed by atoms with Crippen LogP contribution in [0.15, 0.2) is 29.2 Å². The molecule has 0 spiro atoms. The number of aryl methyl sites for hydroxylation is 2. The molecule has 11 heteroatoms. The molecule has 188 valence electrons. The van der Waals surface area contributed by atoms with Gasteiger partial charge < -0.3 is 24.2 Å². The maximum absolute atomic E-state index is 13.2. The first kappa shape index (κ1) is 27.7. The van der Waals surface area contributed by atoms with Gasteiger partial charge in [-0.1, -0.05) is 30.7 Å². The molecule has 2 aromatic rings. The Bertz CT molecular complexity index is 1110. The Morgan fingerprint density at radius 2 is 1.74 bits per heavy atom. The van der Waals surface area contributed by atoms with Gasteiger partial charge >= 0.3 is 0 Å². The quantitative estimate of drug-likeness (QED) is 0.417. The van der Waals surface area contributed by atoms with E-state index < -0.39 is 21.7 Å². The van der Waals surface area contributed by atoms with Crippen molar-refractivity contribution in [2.24, 2.45) is 0 Å². The van der Waals surface area contributed by atoms with E-state index in [9.17, 15) is 18.3 Å². The lowest BCUT2D eigenvalue weighted by Gasteiger charge is -2.24. The summed E-state index contributed by atoms with van der Waals surface area (Å²) < 4.78 is 44.2. The van der Waals surface area contributed by atoms with Crippen LogP contribution >= 0.6 is 11.6 Å². The number of sulfonamides is 1. The number of benzene rings is 2. The molecule has 1 amide bonds. The molecule has 0 bridgehead atoms. The van der Waals surface area contributed by atoms with Gasteiger partial charge in [-0.05, 0) is 36.6 Å². The minimum absolute atomic E-state index is 0.0747. The molecule has 0 saturated carbocycles. The molecule has 9 nitrogen and oxygen atoms in total. The Morgan fingerprint density at radius 1 is 1.12 bits per heavy atom. The summed E-state index contributed by atoms with van der Waals surface area (Å²) in [5.74, 6) is -1.20. The van der Waals surface area contributed by atoms with Crippen molar-refractivity contribution >= 4 is 33.2 Å². The lowest BCUT2D eigenvalue weighted by molar-refractivity contribution is 0.0624. The van der Waals surface area contributed by atoms with Gasteiger partial charge in [-0.2, -0.15) is 0 Å². The number of ether oxygens (including phenoxy) is 3. The van der Waals surface area contributed by atoms with Gasteiger partial charge in [-0.15, -0.1) is 0 Å². The van der Waals surface area contributed by atoms with Crippen LogP contribution in [-0.2, 0) is 25.9 Å². The highest BCUT2D eigenvalue weighted by Gasteiger charge is 2.27. The van der Waals surface area contributed by atoms with Crippen LogP contribution in [0.25, 0.3) is 0 Å². The number of amides is 1. The zero-order chi connectivity index (χ0) is 25.5. The highest BCUT2D eigenvalue weighted by molar-refractivity contribution is 7.92. The number of hydrogen-bond acceptors (Lipinski definition) is 7. The summed E-state index contributed by atoms with van der Waals surface area (Å²) in [4.78, 5) is 14.7. The van der Waals surface area contributed by atoms with Gasteiger partial charge in [0.2, 0.25) is 0 Å². The fourth-order valence-corrected chi connectivity index (χ4v) is 4.94. The lowest BCUT2D eigenvalue weighted by atomic mass is 10.1. The molecule has 0 aliphatic heterocycles. The van der Waals surface area contributed by atoms with E-state index in [2.05, 4.69) is 4.72 Å². The Kier molecular flexibility index (Phi) is 9.99. The molecule has 0 heterocycles. The van der Waals surface area contributed by atoms with Gasteiger partial charge in [0.05, 0.1) is 36.5 Å². The average Bonchev–Trinajstić information content (AvgIpc) is 2.80. The smallest absolute Gasteiger partial charge is 0.262 e. The van der Waals surface area contributed by atoms with Gasteiger partial charge in [-0.3, -0.25) is 9.52 Å². The van der Waals surface area contributed by atoms with E-state index in [1.807, 2.05) is 6.92 Å². The molecule has 0 aromatic heterocycles. The molecule has 2 rings (SSSR count). The van der Waals surface area contributed by atoms with Gasteiger partial charge in [0.1, 0.15) is 5.02 Å². The van der Waals surface area contributed by atoms with Crippen LogP contribution in [0, 0.1) is 6.92 Å². The third-order valence-corrected chi connectivity index (χ3v) is 7.11. The Balaban J connectivity index is 2.53. The number of rotatable bonds is 12. The first-order valence-electron chi connectivity index (χ1n) is 10.6. The van der Waals surface area contributed by atoms with Gasteiger partial charge in [-0.25, -0.2) is 8.42 Å². The number of phenolic OH excluding ortho intramolecular Hbond substituents is 1. The summed E-state index contributed by atoms with van der Waals surface area (Å²) in [6, 6.07) is 6.27. The van der Waals surface area contributed by atoms with E-state index in [1.165, 1.54) is 38.4 Å². The minimum atomic E-state index is -4.06. The Hall–Kier alpha value is -2.53. The number of aromatic hydroxyl groups is 1. The molecule has 0 aliphatic carbocycles. The summed E-state index contributed by atoms with van der Waals surface area (Å²) in [5.41, 5.74) is 1.30. The van der Waals surface area contributed by atoms with Gasteiger partial charge in [0, 0.05) is 27.3 Å². The molecule has 0 atom stereocenters. The largest absolute Gasteiger partial charge is 0.505 e. The number of carbonyl (C=O) groups excluding carboxylic acids is 1. The predicted molar refractivity (Wildman–Crippen MR) is 131 cm³/mol. The number of phenols is 1. The second kappa shape index (κ2) is 12.3. The van der Waals surface area contributed by atoms with Crippen LogP contribution in [0.2, 0.25) is 5.02 Å². The SMILES string of the molecule is CCc1ccc(S(=O)(=O)Nc2cc(C(=O)N(CCOC)CCOC)c(O)c(Cl)c2OC)c(C)c1. The van der Waals surface area contributed by atoms with E-state index in [0.29, 0.717) is 5.56 Å². The first-order valence-corrected chi connectivity index (χ1v) is 12.5. The number of nitrogens with zero attached hydrogens (tertiary/aromatic N) is 1. The Labute approximate surface area is 205 Å². The van der Waals surface area contributed by atoms with Crippen molar-refractivity contribution in [2.45, 2.75) is 25.2 Å². The average molecular weight is 515 g/mol. The van der Waals surface area contributed by atoms with E-state index in [0.717, 1.165) is 12.0 Å². The van der Waals surface area contributed by atoms with Gasteiger partial charge in [0.15, 0.2) is 11.5 Å². The van der Waals surface area contributed by atoms with Crippen molar-refractivity contribution in [1.29, 1.82) is 0 Å². The third kappa shape index (κ3) is 6.32. The van der Waals surface area contributed by atoms with Crippen molar-refractivity contribution in [2.75, 3.05) is 52.4 Å². The zero-order valence-corrected chi connectivity index (χ0v) is 21.5. The molecule has 2 N–H and O–H groups in total. The molecule has 0 fully saturated rings. The number of hydrogen-bond donors (Lipinski definition) is 2. The number of methoxy groups -OCH3 is 3.